The van der Waals surface area contributed by atoms with Gasteiger partial charge in [0.1, 0.15) is 0 Å². The molecule has 0 fully saturated rings. The normalized spacial score (nSPS) is 11.4. The number of nitrogens with zero attached hydrogens (tertiary/aromatic N) is 1. The van der Waals surface area contributed by atoms with Crippen LogP contribution in [-0.4, -0.2) is 35.7 Å². The molecule has 0 aliphatic rings. The molecular formula is C16H27NO. The molecule has 0 heterocycles. The quantitative estimate of drug-likeness (QED) is 0.727. The van der Waals surface area contributed by atoms with Crippen molar-refractivity contribution >= 4 is 0 Å². The van der Waals surface area contributed by atoms with Gasteiger partial charge in [0, 0.05) is 12.6 Å². The third kappa shape index (κ3) is 5.19. The van der Waals surface area contributed by atoms with E-state index in [0.29, 0.717) is 6.04 Å². The average Bonchev–Trinajstić information content (AvgIpc) is 2.41. The molecule has 18 heavy (non-hydrogen) atoms. The molecule has 0 aliphatic carbocycles. The molecule has 1 aromatic rings. The summed E-state index contributed by atoms with van der Waals surface area (Å²) in [6.45, 7) is 6.62. The van der Waals surface area contributed by atoms with Crippen LogP contribution in [0.3, 0.4) is 0 Å². The van der Waals surface area contributed by atoms with Gasteiger partial charge in [-0.3, -0.25) is 4.90 Å². The minimum absolute atomic E-state index is 0.266. The lowest BCUT2D eigenvalue weighted by atomic mass is 10.1. The fraction of sp³-hybridized carbons (Fsp3) is 0.625. The van der Waals surface area contributed by atoms with E-state index in [1.54, 1.807) is 0 Å². The van der Waals surface area contributed by atoms with Crippen LogP contribution in [0.2, 0.25) is 0 Å². The summed E-state index contributed by atoms with van der Waals surface area (Å²) in [4.78, 5) is 2.43. The van der Waals surface area contributed by atoms with E-state index in [2.05, 4.69) is 49.1 Å². The zero-order chi connectivity index (χ0) is 13.2. The van der Waals surface area contributed by atoms with E-state index in [-0.39, 0.29) is 6.61 Å². The Morgan fingerprint density at radius 1 is 1.06 bits per heavy atom. The summed E-state index contributed by atoms with van der Waals surface area (Å²) < 4.78 is 0. The van der Waals surface area contributed by atoms with Gasteiger partial charge in [0.2, 0.25) is 0 Å². The largest absolute Gasteiger partial charge is 0.395 e. The van der Waals surface area contributed by atoms with E-state index in [4.69, 9.17) is 5.11 Å². The van der Waals surface area contributed by atoms with Crippen molar-refractivity contribution in [3.8, 4) is 0 Å². The molecule has 2 heteroatoms. The van der Waals surface area contributed by atoms with Gasteiger partial charge < -0.3 is 5.11 Å². The molecule has 0 aliphatic heterocycles. The second-order valence-electron chi connectivity index (χ2n) is 4.82. The molecule has 0 aromatic heterocycles. The standard InChI is InChI=1S/C16H27NO/c1-3-16(4-2)17(13-14-18)12-8-11-15-9-6-5-7-10-15/h5-7,9-10,16,18H,3-4,8,11-14H2,1-2H3. The first-order valence-corrected chi connectivity index (χ1v) is 7.20. The van der Waals surface area contributed by atoms with Gasteiger partial charge in [0.05, 0.1) is 6.61 Å². The third-order valence-electron chi connectivity index (χ3n) is 3.60. The minimum atomic E-state index is 0.266. The maximum absolute atomic E-state index is 9.15. The SMILES string of the molecule is CCC(CC)N(CCO)CCCc1ccccc1. The van der Waals surface area contributed by atoms with Crippen LogP contribution in [0.1, 0.15) is 38.7 Å². The number of rotatable bonds is 9. The zero-order valence-corrected chi connectivity index (χ0v) is 11.8. The highest BCUT2D eigenvalue weighted by Crippen LogP contribution is 2.10. The first-order chi connectivity index (χ1) is 8.81. The molecule has 0 saturated heterocycles. The van der Waals surface area contributed by atoms with Crippen molar-refractivity contribution in [1.29, 1.82) is 0 Å². The Morgan fingerprint density at radius 2 is 1.72 bits per heavy atom. The number of hydrogen-bond acceptors (Lipinski definition) is 2. The van der Waals surface area contributed by atoms with Crippen LogP contribution in [0.4, 0.5) is 0 Å². The lowest BCUT2D eigenvalue weighted by Gasteiger charge is -2.29. The summed E-state index contributed by atoms with van der Waals surface area (Å²) >= 11 is 0. The molecule has 0 amide bonds. The van der Waals surface area contributed by atoms with Crippen molar-refractivity contribution in [1.82, 2.24) is 4.90 Å². The minimum Gasteiger partial charge on any atom is -0.395 e. The topological polar surface area (TPSA) is 23.5 Å². The molecule has 0 radical (unpaired) electrons. The fourth-order valence-corrected chi connectivity index (χ4v) is 2.54. The van der Waals surface area contributed by atoms with Crippen molar-refractivity contribution in [3.05, 3.63) is 35.9 Å². The Morgan fingerprint density at radius 3 is 2.28 bits per heavy atom. The van der Waals surface area contributed by atoms with Crippen LogP contribution in [0.15, 0.2) is 30.3 Å². The molecule has 0 atom stereocenters. The molecule has 0 bridgehead atoms. The maximum atomic E-state index is 9.15. The van der Waals surface area contributed by atoms with E-state index in [1.165, 1.54) is 24.8 Å². The molecule has 2 nitrogen and oxygen atoms in total. The lowest BCUT2D eigenvalue weighted by Crippen LogP contribution is -2.37. The van der Waals surface area contributed by atoms with Gasteiger partial charge in [-0.05, 0) is 37.8 Å². The maximum Gasteiger partial charge on any atom is 0.0558 e. The van der Waals surface area contributed by atoms with Gasteiger partial charge in [-0.2, -0.15) is 0 Å². The number of hydrogen-bond donors (Lipinski definition) is 1. The van der Waals surface area contributed by atoms with Crippen molar-refractivity contribution in [2.24, 2.45) is 0 Å². The van der Waals surface area contributed by atoms with Crippen molar-refractivity contribution < 1.29 is 5.11 Å². The second kappa shape index (κ2) is 9.12. The van der Waals surface area contributed by atoms with E-state index < -0.39 is 0 Å². The predicted octanol–water partition coefficient (Wildman–Crippen LogP) is 3.10. The first kappa shape index (κ1) is 15.2. The summed E-state index contributed by atoms with van der Waals surface area (Å²) in [5.74, 6) is 0. The van der Waals surface area contributed by atoms with E-state index in [9.17, 15) is 0 Å². The molecule has 0 unspecified atom stereocenters. The average molecular weight is 249 g/mol. The van der Waals surface area contributed by atoms with Gasteiger partial charge in [0.25, 0.3) is 0 Å². The summed E-state index contributed by atoms with van der Waals surface area (Å²) in [6, 6.07) is 11.3. The van der Waals surface area contributed by atoms with Gasteiger partial charge in [0.15, 0.2) is 0 Å². The molecule has 0 spiro atoms. The van der Waals surface area contributed by atoms with Crippen LogP contribution in [-0.2, 0) is 6.42 Å². The molecule has 102 valence electrons. The lowest BCUT2D eigenvalue weighted by molar-refractivity contribution is 0.142. The molecule has 1 aromatic carbocycles. The van der Waals surface area contributed by atoms with Gasteiger partial charge in [-0.15, -0.1) is 0 Å². The summed E-state index contributed by atoms with van der Waals surface area (Å²) in [5, 5.41) is 9.15. The zero-order valence-electron chi connectivity index (χ0n) is 11.8. The van der Waals surface area contributed by atoms with Crippen molar-refractivity contribution in [3.63, 3.8) is 0 Å². The summed E-state index contributed by atoms with van der Waals surface area (Å²) in [6.07, 6.45) is 4.63. The fourth-order valence-electron chi connectivity index (χ4n) is 2.54. The Labute approximate surface area is 112 Å². The van der Waals surface area contributed by atoms with Crippen LogP contribution in [0, 0.1) is 0 Å². The highest BCUT2D eigenvalue weighted by molar-refractivity contribution is 5.14. The Balaban J connectivity index is 2.37. The number of benzene rings is 1. The molecule has 1 N–H and O–H groups in total. The highest BCUT2D eigenvalue weighted by atomic mass is 16.3. The van der Waals surface area contributed by atoms with Crippen LogP contribution in [0.25, 0.3) is 0 Å². The van der Waals surface area contributed by atoms with E-state index in [0.717, 1.165) is 19.5 Å². The summed E-state index contributed by atoms with van der Waals surface area (Å²) in [5.41, 5.74) is 1.41. The smallest absolute Gasteiger partial charge is 0.0558 e. The van der Waals surface area contributed by atoms with Gasteiger partial charge in [-0.25, -0.2) is 0 Å². The molecule has 0 saturated carbocycles. The Bertz CT molecular complexity index is 295. The number of aryl methyl sites for hydroxylation is 1. The van der Waals surface area contributed by atoms with E-state index >= 15 is 0 Å². The molecule has 1 rings (SSSR count). The number of aliphatic hydroxyl groups is 1. The first-order valence-electron chi connectivity index (χ1n) is 7.20. The van der Waals surface area contributed by atoms with Gasteiger partial charge in [-0.1, -0.05) is 44.2 Å². The van der Waals surface area contributed by atoms with E-state index in [1.807, 2.05) is 0 Å². The van der Waals surface area contributed by atoms with Gasteiger partial charge >= 0.3 is 0 Å². The Kier molecular flexibility index (Phi) is 7.70. The van der Waals surface area contributed by atoms with Crippen LogP contribution < -0.4 is 0 Å². The second-order valence-corrected chi connectivity index (χ2v) is 4.82. The number of aliphatic hydroxyl groups excluding tert-OH is 1. The van der Waals surface area contributed by atoms with Crippen molar-refractivity contribution in [2.75, 3.05) is 19.7 Å². The predicted molar refractivity (Wildman–Crippen MR) is 77.8 cm³/mol. The Hall–Kier alpha value is -0.860. The monoisotopic (exact) mass is 249 g/mol. The highest BCUT2D eigenvalue weighted by Gasteiger charge is 2.13. The summed E-state index contributed by atoms with van der Waals surface area (Å²) in [7, 11) is 0. The third-order valence-corrected chi connectivity index (χ3v) is 3.60. The van der Waals surface area contributed by atoms with Crippen LogP contribution >= 0.6 is 0 Å². The van der Waals surface area contributed by atoms with Crippen LogP contribution in [0.5, 0.6) is 0 Å². The van der Waals surface area contributed by atoms with Crippen molar-refractivity contribution in [2.45, 2.75) is 45.6 Å². The molecular weight excluding hydrogens is 222 g/mol.